The number of hydrogen-bond donors (Lipinski definition) is 0. The van der Waals surface area contributed by atoms with E-state index in [1.54, 1.807) is 0 Å². The third-order valence-electron chi connectivity index (χ3n) is 3.91. The maximum atomic E-state index is 2.64. The molecule has 3 fully saturated rings. The van der Waals surface area contributed by atoms with Gasteiger partial charge in [0.25, 0.3) is 0 Å². The van der Waals surface area contributed by atoms with Crippen LogP contribution in [-0.2, 0) is 0 Å². The second-order valence-electron chi connectivity index (χ2n) is 4.83. The summed E-state index contributed by atoms with van der Waals surface area (Å²) < 4.78 is 0. The fraction of sp³-hybridized carbons (Fsp3) is 1.00. The third-order valence-corrected chi connectivity index (χ3v) is 3.91. The summed E-state index contributed by atoms with van der Waals surface area (Å²) in [6, 6.07) is 0. The molecule has 0 aromatic heterocycles. The molecule has 3 heterocycles. The summed E-state index contributed by atoms with van der Waals surface area (Å²) >= 11 is 0. The molecule has 3 aliphatic heterocycles. The molecule has 0 radical (unpaired) electrons. The van der Waals surface area contributed by atoms with E-state index < -0.39 is 0 Å². The first kappa shape index (κ1) is 7.60. The average Bonchev–Trinajstić information content (AvgIpc) is 2.17. The Balaban J connectivity index is 2.16. The van der Waals surface area contributed by atoms with Crippen LogP contribution in [0.5, 0.6) is 0 Å². The van der Waals surface area contributed by atoms with Gasteiger partial charge in [-0.25, -0.2) is 0 Å². The standard InChI is InChI=1S/C10H19N/c1-8-5-4-6-11-7-9(8)10(11,2)3/h8-9H,4-7H2,1-3H3. The van der Waals surface area contributed by atoms with Crippen molar-refractivity contribution in [3.05, 3.63) is 0 Å². The Morgan fingerprint density at radius 3 is 2.73 bits per heavy atom. The highest BCUT2D eigenvalue weighted by molar-refractivity contribution is 5.03. The van der Waals surface area contributed by atoms with Crippen molar-refractivity contribution in [1.82, 2.24) is 4.90 Å². The molecule has 3 aliphatic rings. The van der Waals surface area contributed by atoms with Gasteiger partial charge in [-0.2, -0.15) is 0 Å². The second kappa shape index (κ2) is 2.22. The number of nitrogens with zero attached hydrogens (tertiary/aromatic N) is 1. The molecule has 0 saturated carbocycles. The van der Waals surface area contributed by atoms with Gasteiger partial charge in [-0.3, -0.25) is 4.90 Å². The first-order chi connectivity index (χ1) is 5.12. The lowest BCUT2D eigenvalue weighted by atomic mass is 9.71. The quantitative estimate of drug-likeness (QED) is 0.515. The molecular formula is C10H19N. The highest BCUT2D eigenvalue weighted by Crippen LogP contribution is 2.44. The van der Waals surface area contributed by atoms with Gasteiger partial charge < -0.3 is 0 Å². The van der Waals surface area contributed by atoms with Gasteiger partial charge in [-0.15, -0.1) is 0 Å². The molecule has 3 saturated heterocycles. The summed E-state index contributed by atoms with van der Waals surface area (Å²) in [7, 11) is 0. The summed E-state index contributed by atoms with van der Waals surface area (Å²) in [5, 5.41) is 0. The van der Waals surface area contributed by atoms with Gasteiger partial charge in [0.1, 0.15) is 0 Å². The molecule has 3 rings (SSSR count). The van der Waals surface area contributed by atoms with E-state index in [4.69, 9.17) is 0 Å². The minimum absolute atomic E-state index is 0.524. The zero-order valence-electron chi connectivity index (χ0n) is 7.93. The summed E-state index contributed by atoms with van der Waals surface area (Å²) in [6.45, 7) is 9.95. The van der Waals surface area contributed by atoms with E-state index in [0.717, 1.165) is 11.8 Å². The lowest BCUT2D eigenvalue weighted by molar-refractivity contribution is -0.0630. The molecule has 3 atom stereocenters. The van der Waals surface area contributed by atoms with Gasteiger partial charge >= 0.3 is 0 Å². The van der Waals surface area contributed by atoms with Gasteiger partial charge in [0.05, 0.1) is 0 Å². The van der Waals surface area contributed by atoms with Crippen LogP contribution < -0.4 is 0 Å². The summed E-state index contributed by atoms with van der Waals surface area (Å²) in [6.07, 6.45) is 2.87. The summed E-state index contributed by atoms with van der Waals surface area (Å²) in [5.74, 6) is 1.94. The Morgan fingerprint density at radius 1 is 1.36 bits per heavy atom. The molecule has 1 nitrogen and oxygen atoms in total. The monoisotopic (exact) mass is 153 g/mol. The fourth-order valence-corrected chi connectivity index (χ4v) is 2.88. The van der Waals surface area contributed by atoms with Crippen LogP contribution in [0.1, 0.15) is 33.6 Å². The van der Waals surface area contributed by atoms with Gasteiger partial charge in [-0.05, 0) is 45.1 Å². The molecule has 0 aliphatic carbocycles. The highest BCUT2D eigenvalue weighted by atomic mass is 15.3. The van der Waals surface area contributed by atoms with E-state index in [0.29, 0.717) is 5.54 Å². The van der Waals surface area contributed by atoms with Gasteiger partial charge in [0.2, 0.25) is 0 Å². The molecule has 1 heteroatoms. The van der Waals surface area contributed by atoms with Crippen molar-refractivity contribution in [2.45, 2.75) is 39.2 Å². The van der Waals surface area contributed by atoms with Crippen LogP contribution in [0.15, 0.2) is 0 Å². The molecule has 0 spiro atoms. The Kier molecular flexibility index (Phi) is 1.54. The van der Waals surface area contributed by atoms with Crippen LogP contribution in [0, 0.1) is 11.8 Å². The van der Waals surface area contributed by atoms with Crippen LogP contribution in [0.25, 0.3) is 0 Å². The minimum Gasteiger partial charge on any atom is -0.298 e. The van der Waals surface area contributed by atoms with Crippen molar-refractivity contribution >= 4 is 0 Å². The normalized spacial score (nSPS) is 47.7. The molecule has 0 aromatic rings. The molecule has 11 heavy (non-hydrogen) atoms. The van der Waals surface area contributed by atoms with E-state index in [9.17, 15) is 0 Å². The molecular weight excluding hydrogens is 134 g/mol. The minimum atomic E-state index is 0.524. The van der Waals surface area contributed by atoms with Gasteiger partial charge in [-0.1, -0.05) is 6.92 Å². The first-order valence-corrected chi connectivity index (χ1v) is 4.87. The van der Waals surface area contributed by atoms with Crippen LogP contribution in [0.2, 0.25) is 0 Å². The Labute approximate surface area is 69.8 Å². The van der Waals surface area contributed by atoms with Crippen molar-refractivity contribution in [1.29, 1.82) is 0 Å². The lowest BCUT2D eigenvalue weighted by Crippen LogP contribution is -2.64. The maximum absolute atomic E-state index is 2.64. The largest absolute Gasteiger partial charge is 0.298 e. The zero-order chi connectivity index (χ0) is 8.06. The number of rotatable bonds is 0. The van der Waals surface area contributed by atoms with Gasteiger partial charge in [0.15, 0.2) is 0 Å². The third kappa shape index (κ3) is 0.936. The highest BCUT2D eigenvalue weighted by Gasteiger charge is 2.49. The molecule has 64 valence electrons. The Hall–Kier alpha value is -0.0400. The fourth-order valence-electron chi connectivity index (χ4n) is 2.88. The van der Waals surface area contributed by atoms with Crippen molar-refractivity contribution in [3.63, 3.8) is 0 Å². The van der Waals surface area contributed by atoms with Crippen molar-refractivity contribution in [2.24, 2.45) is 11.8 Å². The second-order valence-corrected chi connectivity index (χ2v) is 4.83. The van der Waals surface area contributed by atoms with E-state index in [1.807, 2.05) is 0 Å². The molecule has 3 unspecified atom stereocenters. The summed E-state index contributed by atoms with van der Waals surface area (Å²) in [5.41, 5.74) is 0.524. The Bertz CT molecular complexity index is 162. The van der Waals surface area contributed by atoms with Crippen molar-refractivity contribution in [2.75, 3.05) is 13.1 Å². The van der Waals surface area contributed by atoms with Gasteiger partial charge in [0, 0.05) is 12.1 Å². The van der Waals surface area contributed by atoms with Crippen molar-refractivity contribution < 1.29 is 0 Å². The number of fused-ring (bicyclic) bond motifs is 3. The molecule has 0 aromatic carbocycles. The van der Waals surface area contributed by atoms with E-state index in [1.165, 1.54) is 25.9 Å². The topological polar surface area (TPSA) is 3.24 Å². The van der Waals surface area contributed by atoms with E-state index in [2.05, 4.69) is 25.7 Å². The maximum Gasteiger partial charge on any atom is 0.0196 e. The van der Waals surface area contributed by atoms with Crippen LogP contribution >= 0.6 is 0 Å². The van der Waals surface area contributed by atoms with Crippen LogP contribution in [0.3, 0.4) is 0 Å². The summed E-state index contributed by atoms with van der Waals surface area (Å²) in [4.78, 5) is 2.64. The van der Waals surface area contributed by atoms with E-state index >= 15 is 0 Å². The number of hydrogen-bond acceptors (Lipinski definition) is 1. The zero-order valence-corrected chi connectivity index (χ0v) is 7.93. The SMILES string of the molecule is CC1CCCN2CC1C2(C)C. The Morgan fingerprint density at radius 2 is 2.09 bits per heavy atom. The van der Waals surface area contributed by atoms with Crippen LogP contribution in [0.4, 0.5) is 0 Å². The molecule has 2 bridgehead atoms. The smallest absolute Gasteiger partial charge is 0.0196 e. The van der Waals surface area contributed by atoms with Crippen LogP contribution in [-0.4, -0.2) is 23.5 Å². The molecule has 0 N–H and O–H groups in total. The average molecular weight is 153 g/mol. The molecule has 0 amide bonds. The van der Waals surface area contributed by atoms with Crippen molar-refractivity contribution in [3.8, 4) is 0 Å². The predicted molar refractivity (Wildman–Crippen MR) is 47.5 cm³/mol. The first-order valence-electron chi connectivity index (χ1n) is 4.87. The van der Waals surface area contributed by atoms with E-state index in [-0.39, 0.29) is 0 Å². The lowest BCUT2D eigenvalue weighted by Gasteiger charge is -2.55. The predicted octanol–water partition coefficient (Wildman–Crippen LogP) is 2.13.